The molecule has 2 saturated carbocycles. The van der Waals surface area contributed by atoms with Gasteiger partial charge in [-0.3, -0.25) is 29.0 Å². The van der Waals surface area contributed by atoms with Gasteiger partial charge in [0.25, 0.3) is 5.91 Å². The fourth-order valence-corrected chi connectivity index (χ4v) is 7.23. The number of primary amides is 1. The number of carbonyl (C=O) groups is 6. The maximum atomic E-state index is 14.5. The molecule has 1 unspecified atom stereocenters. The second kappa shape index (κ2) is 15.5. The summed E-state index contributed by atoms with van der Waals surface area (Å²) in [5, 5.41) is 8.47. The van der Waals surface area contributed by atoms with Gasteiger partial charge in [0.15, 0.2) is 0 Å². The molecule has 2 heterocycles. The van der Waals surface area contributed by atoms with Gasteiger partial charge in [0.1, 0.15) is 17.8 Å². The highest BCUT2D eigenvalue weighted by atomic mass is 16.2. The summed E-state index contributed by atoms with van der Waals surface area (Å²) in [6, 6.07) is 0.281. The Hall–Kier alpha value is -4.27. The first-order chi connectivity index (χ1) is 23.0. The van der Waals surface area contributed by atoms with E-state index >= 15 is 0 Å². The molecule has 0 radical (unpaired) electrons. The highest BCUT2D eigenvalue weighted by Gasteiger charge is 2.51. The van der Waals surface area contributed by atoms with Crippen molar-refractivity contribution in [3.8, 4) is 12.3 Å². The van der Waals surface area contributed by atoms with Gasteiger partial charge in [-0.25, -0.2) is 4.79 Å². The molecule has 5 N–H and O–H groups in total. The number of aromatic nitrogens is 1. The summed E-state index contributed by atoms with van der Waals surface area (Å²) >= 11 is 0. The summed E-state index contributed by atoms with van der Waals surface area (Å²) in [5.41, 5.74) is 3.96. The average molecular weight is 677 g/mol. The fraction of sp³-hybridized carbons (Fsp3) is 0.649. The Balaban J connectivity index is 1.59. The minimum atomic E-state index is -1.14. The first-order valence-corrected chi connectivity index (χ1v) is 17.5. The van der Waals surface area contributed by atoms with Gasteiger partial charge >= 0.3 is 6.03 Å². The second-order valence-electron chi connectivity index (χ2n) is 15.6. The lowest BCUT2D eigenvalue weighted by molar-refractivity contribution is -0.144. The number of pyridine rings is 1. The van der Waals surface area contributed by atoms with Crippen LogP contribution in [0.2, 0.25) is 0 Å². The predicted molar refractivity (Wildman–Crippen MR) is 184 cm³/mol. The van der Waals surface area contributed by atoms with Gasteiger partial charge in [-0.1, -0.05) is 58.9 Å². The number of ketones is 2. The van der Waals surface area contributed by atoms with Crippen molar-refractivity contribution in [3.63, 3.8) is 0 Å². The zero-order valence-electron chi connectivity index (χ0n) is 29.4. The Morgan fingerprint density at radius 2 is 1.63 bits per heavy atom. The van der Waals surface area contributed by atoms with Crippen LogP contribution in [0.5, 0.6) is 0 Å². The van der Waals surface area contributed by atoms with Gasteiger partial charge in [0.05, 0.1) is 12.1 Å². The van der Waals surface area contributed by atoms with Crippen LogP contribution in [-0.4, -0.2) is 75.9 Å². The van der Waals surface area contributed by atoms with Gasteiger partial charge in [0, 0.05) is 24.1 Å². The lowest BCUT2D eigenvalue weighted by Gasteiger charge is -2.38. The highest BCUT2D eigenvalue weighted by molar-refractivity contribution is 6.37. The molecule has 1 aromatic rings. The molecule has 2 aliphatic carbocycles. The number of Topliss-reactive ketones (excluding diaryl/α,β-unsaturated/α-hetero) is 2. The fourth-order valence-electron chi connectivity index (χ4n) is 7.23. The Labute approximate surface area is 289 Å². The summed E-state index contributed by atoms with van der Waals surface area (Å²) in [6.45, 7) is 9.23. The lowest BCUT2D eigenvalue weighted by atomic mass is 9.75. The van der Waals surface area contributed by atoms with Crippen LogP contribution in [0.3, 0.4) is 0 Å². The molecule has 1 aromatic heterocycles. The van der Waals surface area contributed by atoms with E-state index in [4.69, 9.17) is 12.2 Å². The summed E-state index contributed by atoms with van der Waals surface area (Å²) in [6.07, 6.45) is 14.4. The van der Waals surface area contributed by atoms with Crippen LogP contribution in [0.4, 0.5) is 4.79 Å². The smallest absolute Gasteiger partial charge is 0.316 e. The normalized spacial score (nSPS) is 21.8. The molecule has 266 valence electrons. The molecule has 4 rings (SSSR count). The predicted octanol–water partition coefficient (Wildman–Crippen LogP) is 3.14. The van der Waals surface area contributed by atoms with Crippen LogP contribution < -0.4 is 21.7 Å². The lowest BCUT2D eigenvalue weighted by Crippen LogP contribution is -2.62. The number of nitrogens with one attached hydrogen (secondary N) is 3. The van der Waals surface area contributed by atoms with Crippen molar-refractivity contribution in [2.75, 3.05) is 6.54 Å². The van der Waals surface area contributed by atoms with E-state index in [0.29, 0.717) is 6.42 Å². The number of carbonyl (C=O) groups excluding carboxylic acids is 6. The summed E-state index contributed by atoms with van der Waals surface area (Å²) < 4.78 is 0. The summed E-state index contributed by atoms with van der Waals surface area (Å²) in [7, 11) is 0. The third-order valence-electron chi connectivity index (χ3n) is 10.4. The third-order valence-corrected chi connectivity index (χ3v) is 10.4. The minimum absolute atomic E-state index is 0.0806. The van der Waals surface area contributed by atoms with Crippen LogP contribution in [0.1, 0.15) is 103 Å². The van der Waals surface area contributed by atoms with Crippen molar-refractivity contribution >= 4 is 35.3 Å². The number of nitrogens with zero attached hydrogens (tertiary/aromatic N) is 2. The number of amides is 5. The molecule has 12 nitrogen and oxygen atoms in total. The van der Waals surface area contributed by atoms with E-state index in [1.165, 1.54) is 11.1 Å². The Morgan fingerprint density at radius 1 is 0.959 bits per heavy atom. The molecule has 3 fully saturated rings. The minimum Gasteiger partial charge on any atom is -0.363 e. The second-order valence-corrected chi connectivity index (χ2v) is 15.6. The highest BCUT2D eigenvalue weighted by Crippen LogP contribution is 2.40. The molecule has 0 bridgehead atoms. The van der Waals surface area contributed by atoms with Crippen molar-refractivity contribution in [1.29, 1.82) is 0 Å². The number of hydrogen-bond acceptors (Lipinski definition) is 7. The molecule has 49 heavy (non-hydrogen) atoms. The standard InChI is InChI=1S/C37H52N6O6/c1-7-37(5,6)24-18-20-43(28(24)33(47)40-26(21-22-16-17-22)30(45)32(38)46)34(48)31(36(2,3)4)42-35(49)41-27(23-13-9-8-10-14-23)29(44)25-15-11-12-19-39-25/h1,11-12,15,19,22-24,26-28,31H,8-10,13-14,16-18,20-21H2,2-6H3,(H2,38,46)(H,40,47)(H2,41,42,49)/t24-,26?,27-,28-,31+/m0/s1. The quantitative estimate of drug-likeness (QED) is 0.141. The Morgan fingerprint density at radius 3 is 2.18 bits per heavy atom. The van der Waals surface area contributed by atoms with E-state index in [2.05, 4.69) is 26.9 Å². The van der Waals surface area contributed by atoms with Gasteiger partial charge in [-0.2, -0.15) is 0 Å². The molecule has 1 saturated heterocycles. The van der Waals surface area contributed by atoms with E-state index in [1.54, 1.807) is 39.0 Å². The van der Waals surface area contributed by atoms with E-state index in [0.717, 1.165) is 44.9 Å². The molecule has 5 atom stereocenters. The Kier molecular flexibility index (Phi) is 11.9. The van der Waals surface area contributed by atoms with Crippen molar-refractivity contribution < 1.29 is 28.8 Å². The van der Waals surface area contributed by atoms with E-state index in [9.17, 15) is 28.8 Å². The SMILES string of the molecule is C#CC(C)(C)[C@H]1CCN(C(=O)[C@@H](NC(=O)N[C@H](C(=O)c2ccccn2)C2CCCCC2)C(C)(C)C)[C@@H]1C(=O)NC(CC1CC1)C(=O)C(N)=O. The molecule has 3 aliphatic rings. The van der Waals surface area contributed by atoms with E-state index < -0.39 is 70.5 Å². The molecular formula is C37H52N6O6. The van der Waals surface area contributed by atoms with Crippen molar-refractivity contribution in [2.24, 2.45) is 34.3 Å². The summed E-state index contributed by atoms with van der Waals surface area (Å²) in [4.78, 5) is 86.2. The number of nitrogens with two attached hydrogens (primary N) is 1. The van der Waals surface area contributed by atoms with E-state index in [1.807, 2.05) is 13.8 Å². The van der Waals surface area contributed by atoms with Gasteiger partial charge in [-0.15, -0.1) is 12.3 Å². The zero-order chi connectivity index (χ0) is 36.1. The average Bonchev–Trinajstić information content (AvgIpc) is 3.77. The van der Waals surface area contributed by atoms with Crippen LogP contribution >= 0.6 is 0 Å². The maximum absolute atomic E-state index is 14.5. The first-order valence-electron chi connectivity index (χ1n) is 17.5. The topological polar surface area (TPSA) is 181 Å². The molecule has 12 heteroatoms. The molecular weight excluding hydrogens is 624 g/mol. The van der Waals surface area contributed by atoms with Gasteiger partial charge in [-0.05, 0) is 68.9 Å². The van der Waals surface area contributed by atoms with Crippen LogP contribution in [0, 0.1) is 40.9 Å². The molecule has 0 spiro atoms. The van der Waals surface area contributed by atoms with Crippen molar-refractivity contribution in [1.82, 2.24) is 25.8 Å². The number of likely N-dealkylation sites (tertiary alicyclic amines) is 1. The first kappa shape index (κ1) is 37.5. The van der Waals surface area contributed by atoms with Crippen LogP contribution in [0.25, 0.3) is 0 Å². The zero-order valence-corrected chi connectivity index (χ0v) is 29.4. The number of hydrogen-bond donors (Lipinski definition) is 4. The van der Waals surface area contributed by atoms with Crippen molar-refractivity contribution in [2.45, 2.75) is 117 Å². The van der Waals surface area contributed by atoms with E-state index in [-0.39, 0.29) is 36.3 Å². The van der Waals surface area contributed by atoms with Crippen LogP contribution in [-0.2, 0) is 19.2 Å². The Bertz CT molecular complexity index is 1450. The summed E-state index contributed by atoms with van der Waals surface area (Å²) in [5.74, 6) is -1.02. The number of urea groups is 1. The number of rotatable bonds is 13. The monoisotopic (exact) mass is 676 g/mol. The van der Waals surface area contributed by atoms with Gasteiger partial charge in [0.2, 0.25) is 23.4 Å². The number of terminal acetylenes is 1. The molecule has 5 amide bonds. The van der Waals surface area contributed by atoms with Gasteiger partial charge < -0.3 is 26.6 Å². The largest absolute Gasteiger partial charge is 0.363 e. The molecule has 0 aromatic carbocycles. The third kappa shape index (κ3) is 9.25. The maximum Gasteiger partial charge on any atom is 0.316 e. The van der Waals surface area contributed by atoms with Crippen LogP contribution in [0.15, 0.2) is 24.4 Å². The van der Waals surface area contributed by atoms with Crippen molar-refractivity contribution in [3.05, 3.63) is 30.1 Å². The molecule has 1 aliphatic heterocycles.